The molecule has 2 aromatic rings. The Morgan fingerprint density at radius 1 is 1.48 bits per heavy atom. The molecule has 0 aliphatic carbocycles. The van der Waals surface area contributed by atoms with Crippen molar-refractivity contribution in [1.29, 1.82) is 5.26 Å². The minimum absolute atomic E-state index is 0.162. The fraction of sp³-hybridized carbons (Fsp3) is 0.200. The number of nitrogens with one attached hydrogen (secondary N) is 1. The molecule has 0 spiro atoms. The third-order valence-corrected chi connectivity index (χ3v) is 3.11. The van der Waals surface area contributed by atoms with E-state index >= 15 is 0 Å². The van der Waals surface area contributed by atoms with Gasteiger partial charge in [-0.1, -0.05) is 11.6 Å². The first-order valence-electron chi connectivity index (χ1n) is 6.29. The van der Waals surface area contributed by atoms with Crippen LogP contribution in [0.4, 0.5) is 5.69 Å². The molecule has 108 valence electrons. The number of likely N-dealkylation sites (N-methyl/N-ethyl adjacent to an activating group) is 1. The van der Waals surface area contributed by atoms with Crippen LogP contribution >= 0.6 is 11.6 Å². The van der Waals surface area contributed by atoms with E-state index < -0.39 is 0 Å². The highest BCUT2D eigenvalue weighted by Gasteiger charge is 2.09. The van der Waals surface area contributed by atoms with Crippen molar-refractivity contribution in [3.05, 3.63) is 52.9 Å². The fourth-order valence-corrected chi connectivity index (χ4v) is 2.08. The Labute approximate surface area is 127 Å². The summed E-state index contributed by atoms with van der Waals surface area (Å²) in [6, 6.07) is 10.4. The van der Waals surface area contributed by atoms with Crippen molar-refractivity contribution < 1.29 is 9.21 Å². The number of nitriles is 1. The smallest absolute Gasteiger partial charge is 0.238 e. The summed E-state index contributed by atoms with van der Waals surface area (Å²) in [5.74, 6) is 0.636. The SMILES string of the molecule is CN(CC(=O)Nc1ccc(C#N)c(Cl)c1)Cc1ccco1. The van der Waals surface area contributed by atoms with Gasteiger partial charge in [0, 0.05) is 5.69 Å². The minimum Gasteiger partial charge on any atom is -0.468 e. The molecule has 0 aliphatic rings. The number of amides is 1. The van der Waals surface area contributed by atoms with E-state index in [0.29, 0.717) is 22.8 Å². The van der Waals surface area contributed by atoms with Crippen molar-refractivity contribution >= 4 is 23.2 Å². The van der Waals surface area contributed by atoms with Crippen LogP contribution in [0.25, 0.3) is 0 Å². The molecule has 0 bridgehead atoms. The molecule has 1 amide bonds. The lowest BCUT2D eigenvalue weighted by Crippen LogP contribution is -2.29. The quantitative estimate of drug-likeness (QED) is 0.922. The third-order valence-electron chi connectivity index (χ3n) is 2.79. The summed E-state index contributed by atoms with van der Waals surface area (Å²) in [5.41, 5.74) is 0.944. The number of carbonyl (C=O) groups is 1. The third kappa shape index (κ3) is 4.35. The molecule has 6 heteroatoms. The summed E-state index contributed by atoms with van der Waals surface area (Å²) in [7, 11) is 1.83. The molecular weight excluding hydrogens is 290 g/mol. The van der Waals surface area contributed by atoms with Crippen LogP contribution < -0.4 is 5.32 Å². The van der Waals surface area contributed by atoms with Crippen molar-refractivity contribution in [3.63, 3.8) is 0 Å². The molecule has 0 aliphatic heterocycles. The highest BCUT2D eigenvalue weighted by molar-refractivity contribution is 6.32. The van der Waals surface area contributed by atoms with E-state index in [1.807, 2.05) is 30.1 Å². The maximum absolute atomic E-state index is 11.9. The number of nitrogens with zero attached hydrogens (tertiary/aromatic N) is 2. The van der Waals surface area contributed by atoms with Gasteiger partial charge < -0.3 is 9.73 Å². The molecule has 1 N–H and O–H groups in total. The summed E-state index contributed by atoms with van der Waals surface area (Å²) in [6.07, 6.45) is 1.60. The van der Waals surface area contributed by atoms with Gasteiger partial charge >= 0.3 is 0 Å². The molecule has 0 fully saturated rings. The van der Waals surface area contributed by atoms with Gasteiger partial charge in [0.15, 0.2) is 0 Å². The van der Waals surface area contributed by atoms with Gasteiger partial charge in [0.2, 0.25) is 5.91 Å². The summed E-state index contributed by atoms with van der Waals surface area (Å²) in [6.45, 7) is 0.771. The van der Waals surface area contributed by atoms with E-state index in [9.17, 15) is 4.79 Å². The second kappa shape index (κ2) is 6.93. The summed E-state index contributed by atoms with van der Waals surface area (Å²) in [5, 5.41) is 11.9. The largest absolute Gasteiger partial charge is 0.468 e. The average molecular weight is 304 g/mol. The predicted octanol–water partition coefficient (Wildman–Crippen LogP) is 2.88. The summed E-state index contributed by atoms with van der Waals surface area (Å²) >= 11 is 5.92. The first-order chi connectivity index (χ1) is 10.1. The molecule has 1 heterocycles. The highest BCUT2D eigenvalue weighted by Crippen LogP contribution is 2.20. The monoisotopic (exact) mass is 303 g/mol. The van der Waals surface area contributed by atoms with Crippen molar-refractivity contribution in [1.82, 2.24) is 4.90 Å². The molecule has 21 heavy (non-hydrogen) atoms. The lowest BCUT2D eigenvalue weighted by Gasteiger charge is -2.15. The fourth-order valence-electron chi connectivity index (χ4n) is 1.85. The normalized spacial score (nSPS) is 10.4. The molecule has 0 radical (unpaired) electrons. The van der Waals surface area contributed by atoms with Crippen LogP contribution in [0, 0.1) is 11.3 Å². The first-order valence-corrected chi connectivity index (χ1v) is 6.66. The van der Waals surface area contributed by atoms with Crippen molar-refractivity contribution in [2.75, 3.05) is 18.9 Å². The van der Waals surface area contributed by atoms with E-state index in [2.05, 4.69) is 5.32 Å². The molecule has 0 atom stereocenters. The first kappa shape index (κ1) is 15.1. The number of furan rings is 1. The maximum atomic E-state index is 11.9. The van der Waals surface area contributed by atoms with Crippen LogP contribution in [0.15, 0.2) is 41.0 Å². The van der Waals surface area contributed by atoms with E-state index in [-0.39, 0.29) is 12.5 Å². The van der Waals surface area contributed by atoms with Gasteiger partial charge in [0.05, 0.1) is 29.9 Å². The van der Waals surface area contributed by atoms with Gasteiger partial charge in [0.25, 0.3) is 0 Å². The van der Waals surface area contributed by atoms with Gasteiger partial charge in [-0.2, -0.15) is 5.26 Å². The second-order valence-corrected chi connectivity index (χ2v) is 5.01. The molecule has 2 rings (SSSR count). The molecular formula is C15H14ClN3O2. The van der Waals surface area contributed by atoms with E-state index in [0.717, 1.165) is 5.76 Å². The molecule has 5 nitrogen and oxygen atoms in total. The summed E-state index contributed by atoms with van der Waals surface area (Å²) in [4.78, 5) is 13.8. The minimum atomic E-state index is -0.162. The van der Waals surface area contributed by atoms with Gasteiger partial charge in [-0.3, -0.25) is 9.69 Å². The Bertz CT molecular complexity index is 662. The number of hydrogen-bond donors (Lipinski definition) is 1. The molecule has 0 unspecified atom stereocenters. The molecule has 0 saturated heterocycles. The number of halogens is 1. The van der Waals surface area contributed by atoms with E-state index in [4.69, 9.17) is 21.3 Å². The van der Waals surface area contributed by atoms with Crippen LogP contribution in [0.1, 0.15) is 11.3 Å². The zero-order valence-electron chi connectivity index (χ0n) is 11.5. The van der Waals surface area contributed by atoms with Crippen molar-refractivity contribution in [3.8, 4) is 6.07 Å². The number of carbonyl (C=O) groups excluding carboxylic acids is 1. The van der Waals surface area contributed by atoms with Gasteiger partial charge in [-0.05, 0) is 37.4 Å². The van der Waals surface area contributed by atoms with Gasteiger partial charge in [-0.15, -0.1) is 0 Å². The standard InChI is InChI=1S/C15H14ClN3O2/c1-19(9-13-3-2-6-21-13)10-15(20)18-12-5-4-11(8-17)14(16)7-12/h2-7H,9-10H2,1H3,(H,18,20). The molecule has 1 aromatic heterocycles. The predicted molar refractivity (Wildman–Crippen MR) is 79.8 cm³/mol. The Kier molecular flexibility index (Phi) is 4.99. The Hall–Kier alpha value is -2.29. The molecule has 0 saturated carbocycles. The van der Waals surface area contributed by atoms with Crippen LogP contribution in [-0.4, -0.2) is 24.4 Å². The van der Waals surface area contributed by atoms with Gasteiger partial charge in [0.1, 0.15) is 11.8 Å². The van der Waals surface area contributed by atoms with Crippen LogP contribution in [0.5, 0.6) is 0 Å². The summed E-state index contributed by atoms with van der Waals surface area (Å²) < 4.78 is 5.22. The van der Waals surface area contributed by atoms with Crippen LogP contribution in [0.2, 0.25) is 5.02 Å². The van der Waals surface area contributed by atoms with Crippen LogP contribution in [-0.2, 0) is 11.3 Å². The maximum Gasteiger partial charge on any atom is 0.238 e. The second-order valence-electron chi connectivity index (χ2n) is 4.61. The molecule has 1 aromatic carbocycles. The Morgan fingerprint density at radius 2 is 2.29 bits per heavy atom. The zero-order valence-corrected chi connectivity index (χ0v) is 12.2. The topological polar surface area (TPSA) is 69.3 Å². The number of benzene rings is 1. The Balaban J connectivity index is 1.89. The van der Waals surface area contributed by atoms with Crippen LogP contribution in [0.3, 0.4) is 0 Å². The number of rotatable bonds is 5. The lowest BCUT2D eigenvalue weighted by atomic mass is 10.2. The highest BCUT2D eigenvalue weighted by atomic mass is 35.5. The number of hydrogen-bond acceptors (Lipinski definition) is 4. The van der Waals surface area contributed by atoms with Gasteiger partial charge in [-0.25, -0.2) is 0 Å². The lowest BCUT2D eigenvalue weighted by molar-refractivity contribution is -0.117. The zero-order chi connectivity index (χ0) is 15.2. The van der Waals surface area contributed by atoms with E-state index in [1.54, 1.807) is 24.5 Å². The van der Waals surface area contributed by atoms with Crippen molar-refractivity contribution in [2.24, 2.45) is 0 Å². The Morgan fingerprint density at radius 3 is 2.90 bits per heavy atom. The van der Waals surface area contributed by atoms with Crippen molar-refractivity contribution in [2.45, 2.75) is 6.54 Å². The average Bonchev–Trinajstić information content (AvgIpc) is 2.91. The number of anilines is 1. The van der Waals surface area contributed by atoms with E-state index in [1.165, 1.54) is 0 Å².